The van der Waals surface area contributed by atoms with Gasteiger partial charge < -0.3 is 9.26 Å². The SMILES string of the molecule is Cc1ccccc1Oc1noc(=O)n1S(=O)(=O)c1c(C)noc1C. The van der Waals surface area contributed by atoms with Gasteiger partial charge in [0.05, 0.1) is 0 Å². The lowest BCUT2D eigenvalue weighted by Crippen LogP contribution is -2.25. The van der Waals surface area contributed by atoms with Gasteiger partial charge in [0, 0.05) is 0 Å². The van der Waals surface area contributed by atoms with Gasteiger partial charge in [-0.25, -0.2) is 13.2 Å². The summed E-state index contributed by atoms with van der Waals surface area (Å²) < 4.78 is 40.7. The number of rotatable bonds is 4. The van der Waals surface area contributed by atoms with Gasteiger partial charge in [-0.2, -0.15) is 0 Å². The predicted molar refractivity (Wildman–Crippen MR) is 80.6 cm³/mol. The van der Waals surface area contributed by atoms with E-state index in [0.29, 0.717) is 9.72 Å². The number of hydrogen-bond donors (Lipinski definition) is 0. The van der Waals surface area contributed by atoms with Crippen LogP contribution >= 0.6 is 0 Å². The summed E-state index contributed by atoms with van der Waals surface area (Å²) in [6, 6.07) is 6.36. The van der Waals surface area contributed by atoms with Gasteiger partial charge in [-0.15, -0.1) is 3.97 Å². The number of benzene rings is 1. The monoisotopic (exact) mass is 351 g/mol. The van der Waals surface area contributed by atoms with E-state index in [-0.39, 0.29) is 16.3 Å². The van der Waals surface area contributed by atoms with Crippen molar-refractivity contribution in [3.63, 3.8) is 0 Å². The van der Waals surface area contributed by atoms with E-state index in [1.165, 1.54) is 13.8 Å². The fourth-order valence-electron chi connectivity index (χ4n) is 2.19. The molecule has 0 N–H and O–H groups in total. The summed E-state index contributed by atoms with van der Waals surface area (Å²) in [5.74, 6) is -0.811. The third-order valence-electron chi connectivity index (χ3n) is 3.30. The van der Waals surface area contributed by atoms with E-state index in [1.807, 2.05) is 0 Å². The van der Waals surface area contributed by atoms with Crippen molar-refractivity contribution in [2.24, 2.45) is 0 Å². The van der Waals surface area contributed by atoms with Crippen molar-refractivity contribution >= 4 is 10.0 Å². The minimum absolute atomic E-state index is 0.0439. The Labute approximate surface area is 136 Å². The third kappa shape index (κ3) is 2.50. The zero-order valence-corrected chi connectivity index (χ0v) is 13.8. The van der Waals surface area contributed by atoms with E-state index in [0.717, 1.165) is 5.56 Å². The molecule has 2 heterocycles. The lowest BCUT2D eigenvalue weighted by Gasteiger charge is -2.08. The second kappa shape index (κ2) is 5.64. The highest BCUT2D eigenvalue weighted by molar-refractivity contribution is 7.90. The molecule has 0 saturated heterocycles. The van der Waals surface area contributed by atoms with Crippen LogP contribution in [0.15, 0.2) is 43.0 Å². The number of aryl methyl sites for hydroxylation is 3. The lowest BCUT2D eigenvalue weighted by atomic mass is 10.2. The molecule has 10 heteroatoms. The molecule has 0 radical (unpaired) electrons. The van der Waals surface area contributed by atoms with E-state index in [2.05, 4.69) is 14.8 Å². The van der Waals surface area contributed by atoms with Crippen LogP contribution in [0.3, 0.4) is 0 Å². The Hall–Kier alpha value is -2.88. The minimum Gasteiger partial charge on any atom is -0.422 e. The predicted octanol–water partition coefficient (Wildman–Crippen LogP) is 1.78. The molecule has 1 aromatic carbocycles. The van der Waals surface area contributed by atoms with Gasteiger partial charge in [-0.05, 0) is 37.6 Å². The Kier molecular flexibility index (Phi) is 3.76. The quantitative estimate of drug-likeness (QED) is 0.698. The fraction of sp³-hybridized carbons (Fsp3) is 0.214. The van der Waals surface area contributed by atoms with Gasteiger partial charge in [0.2, 0.25) is 0 Å². The minimum atomic E-state index is -4.34. The third-order valence-corrected chi connectivity index (χ3v) is 5.19. The Morgan fingerprint density at radius 3 is 2.42 bits per heavy atom. The van der Waals surface area contributed by atoms with E-state index in [9.17, 15) is 13.2 Å². The Morgan fingerprint density at radius 1 is 1.08 bits per heavy atom. The molecular weight excluding hydrogens is 338 g/mol. The van der Waals surface area contributed by atoms with Crippen molar-refractivity contribution in [3.8, 4) is 11.8 Å². The number of para-hydroxylation sites is 1. The first-order valence-corrected chi connectivity index (χ1v) is 8.27. The maximum absolute atomic E-state index is 12.8. The smallest absolute Gasteiger partial charge is 0.422 e. The highest BCUT2D eigenvalue weighted by Crippen LogP contribution is 2.27. The van der Waals surface area contributed by atoms with Crippen LogP contribution in [0.5, 0.6) is 11.8 Å². The molecule has 0 atom stereocenters. The molecule has 3 rings (SSSR count). The Bertz CT molecular complexity index is 1040. The van der Waals surface area contributed by atoms with Crippen LogP contribution in [-0.4, -0.2) is 22.7 Å². The Morgan fingerprint density at radius 2 is 1.79 bits per heavy atom. The van der Waals surface area contributed by atoms with Crippen LogP contribution in [-0.2, 0) is 10.0 Å². The van der Waals surface area contributed by atoms with Gasteiger partial charge >= 0.3 is 11.8 Å². The summed E-state index contributed by atoms with van der Waals surface area (Å²) in [7, 11) is -4.34. The second-order valence-electron chi connectivity index (χ2n) is 5.02. The summed E-state index contributed by atoms with van der Waals surface area (Å²) in [6.07, 6.45) is 0. The van der Waals surface area contributed by atoms with Crippen molar-refractivity contribution in [2.45, 2.75) is 25.7 Å². The molecule has 126 valence electrons. The van der Waals surface area contributed by atoms with E-state index < -0.39 is 21.8 Å². The normalized spacial score (nSPS) is 11.6. The topological polar surface area (TPSA) is 117 Å². The molecule has 24 heavy (non-hydrogen) atoms. The molecule has 0 unspecified atom stereocenters. The van der Waals surface area contributed by atoms with Crippen molar-refractivity contribution in [2.75, 3.05) is 0 Å². The summed E-state index contributed by atoms with van der Waals surface area (Å²) in [6.45, 7) is 4.64. The molecule has 0 aliphatic rings. The van der Waals surface area contributed by atoms with Crippen molar-refractivity contribution < 1.29 is 22.2 Å². The van der Waals surface area contributed by atoms with Crippen molar-refractivity contribution in [3.05, 3.63) is 51.8 Å². The standard InChI is InChI=1S/C14H13N3O6S/c1-8-6-4-5-7-11(8)21-13-16-23-14(18)17(13)24(19,20)12-9(2)15-22-10(12)3/h4-7H,1-3H3. The highest BCUT2D eigenvalue weighted by atomic mass is 32.2. The average Bonchev–Trinajstić information content (AvgIpc) is 3.05. The maximum atomic E-state index is 12.8. The highest BCUT2D eigenvalue weighted by Gasteiger charge is 2.33. The zero-order valence-electron chi connectivity index (χ0n) is 13.0. The fourth-order valence-corrected chi connectivity index (χ4v) is 3.69. The van der Waals surface area contributed by atoms with Crippen molar-refractivity contribution in [1.29, 1.82) is 0 Å². The summed E-state index contributed by atoms with van der Waals surface area (Å²) in [5.41, 5.74) is 0.844. The molecule has 0 fully saturated rings. The summed E-state index contributed by atoms with van der Waals surface area (Å²) in [4.78, 5) is 11.7. The number of ether oxygens (including phenoxy) is 1. The number of aromatic nitrogens is 3. The summed E-state index contributed by atoms with van der Waals surface area (Å²) >= 11 is 0. The lowest BCUT2D eigenvalue weighted by molar-refractivity contribution is 0.350. The number of nitrogens with zero attached hydrogens (tertiary/aromatic N) is 3. The Balaban J connectivity index is 2.15. The maximum Gasteiger partial charge on any atom is 0.458 e. The van der Waals surface area contributed by atoms with Crippen LogP contribution in [0.2, 0.25) is 0 Å². The van der Waals surface area contributed by atoms with Gasteiger partial charge in [0.25, 0.3) is 10.0 Å². The first-order chi connectivity index (χ1) is 11.3. The van der Waals surface area contributed by atoms with Crippen LogP contribution in [0.4, 0.5) is 0 Å². The molecule has 0 aliphatic heterocycles. The molecule has 0 aliphatic carbocycles. The molecular formula is C14H13N3O6S. The first kappa shape index (κ1) is 16.0. The van der Waals surface area contributed by atoms with Gasteiger partial charge in [0.15, 0.2) is 10.7 Å². The summed E-state index contributed by atoms with van der Waals surface area (Å²) in [5, 5.41) is 7.00. The largest absolute Gasteiger partial charge is 0.458 e. The zero-order chi connectivity index (χ0) is 17.5. The molecule has 0 spiro atoms. The second-order valence-corrected chi connectivity index (χ2v) is 6.74. The molecule has 9 nitrogen and oxygen atoms in total. The molecule has 3 aromatic rings. The van der Waals surface area contributed by atoms with Crippen LogP contribution in [0.1, 0.15) is 17.0 Å². The van der Waals surface area contributed by atoms with Gasteiger partial charge in [-0.1, -0.05) is 23.4 Å². The molecule has 2 aromatic heterocycles. The first-order valence-electron chi connectivity index (χ1n) is 6.83. The average molecular weight is 351 g/mol. The molecule has 0 amide bonds. The number of hydrogen-bond acceptors (Lipinski definition) is 8. The van der Waals surface area contributed by atoms with E-state index in [4.69, 9.17) is 9.26 Å². The van der Waals surface area contributed by atoms with Gasteiger partial charge in [-0.3, -0.25) is 4.52 Å². The molecule has 0 bridgehead atoms. The van der Waals surface area contributed by atoms with Crippen molar-refractivity contribution in [1.82, 2.24) is 14.3 Å². The van der Waals surface area contributed by atoms with Crippen LogP contribution in [0.25, 0.3) is 0 Å². The van der Waals surface area contributed by atoms with E-state index >= 15 is 0 Å². The van der Waals surface area contributed by atoms with Gasteiger partial charge in [0.1, 0.15) is 11.4 Å². The molecule has 0 saturated carbocycles. The van der Waals surface area contributed by atoms with Crippen LogP contribution in [0, 0.1) is 20.8 Å². The van der Waals surface area contributed by atoms with Crippen LogP contribution < -0.4 is 10.5 Å². The van der Waals surface area contributed by atoms with E-state index in [1.54, 1.807) is 31.2 Å².